The van der Waals surface area contributed by atoms with Gasteiger partial charge in [0.15, 0.2) is 0 Å². The number of anilines is 1. The molecule has 1 aromatic carbocycles. The van der Waals surface area contributed by atoms with Crippen molar-refractivity contribution in [2.24, 2.45) is 0 Å². The molecule has 76 valence electrons. The molecule has 0 unspecified atom stereocenters. The van der Waals surface area contributed by atoms with Crippen LogP contribution in [0.25, 0.3) is 0 Å². The SMILES string of the molecule is CCNCc1cccc2c1CCCN2. The van der Waals surface area contributed by atoms with Crippen LogP contribution in [0.3, 0.4) is 0 Å². The van der Waals surface area contributed by atoms with E-state index in [0.717, 1.165) is 19.6 Å². The van der Waals surface area contributed by atoms with Crippen molar-refractivity contribution >= 4 is 5.69 Å². The van der Waals surface area contributed by atoms with Crippen molar-refractivity contribution in [3.05, 3.63) is 29.3 Å². The molecule has 0 saturated carbocycles. The average Bonchev–Trinajstić information content (AvgIpc) is 2.26. The highest BCUT2D eigenvalue weighted by Gasteiger charge is 2.11. The van der Waals surface area contributed by atoms with Crippen LogP contribution in [-0.2, 0) is 13.0 Å². The van der Waals surface area contributed by atoms with Gasteiger partial charge in [0.05, 0.1) is 0 Å². The second kappa shape index (κ2) is 4.47. The topological polar surface area (TPSA) is 24.1 Å². The van der Waals surface area contributed by atoms with Gasteiger partial charge in [0.25, 0.3) is 0 Å². The van der Waals surface area contributed by atoms with Crippen molar-refractivity contribution in [2.75, 3.05) is 18.4 Å². The molecule has 1 heterocycles. The van der Waals surface area contributed by atoms with Gasteiger partial charge >= 0.3 is 0 Å². The third-order valence-corrected chi connectivity index (χ3v) is 2.76. The second-order valence-corrected chi connectivity index (χ2v) is 3.75. The minimum atomic E-state index is 1.00. The lowest BCUT2D eigenvalue weighted by Gasteiger charge is -2.21. The van der Waals surface area contributed by atoms with Crippen LogP contribution < -0.4 is 10.6 Å². The Morgan fingerprint density at radius 3 is 3.21 bits per heavy atom. The fraction of sp³-hybridized carbons (Fsp3) is 0.500. The molecule has 1 aliphatic heterocycles. The predicted molar refractivity (Wildman–Crippen MR) is 60.6 cm³/mol. The maximum Gasteiger partial charge on any atom is 0.0375 e. The van der Waals surface area contributed by atoms with E-state index in [1.807, 2.05) is 0 Å². The summed E-state index contributed by atoms with van der Waals surface area (Å²) in [5.74, 6) is 0. The highest BCUT2D eigenvalue weighted by atomic mass is 14.9. The van der Waals surface area contributed by atoms with Crippen LogP contribution in [0.5, 0.6) is 0 Å². The zero-order valence-corrected chi connectivity index (χ0v) is 8.77. The van der Waals surface area contributed by atoms with E-state index in [0.29, 0.717) is 0 Å². The quantitative estimate of drug-likeness (QED) is 0.763. The van der Waals surface area contributed by atoms with Crippen molar-refractivity contribution in [3.8, 4) is 0 Å². The number of hydrogen-bond donors (Lipinski definition) is 2. The summed E-state index contributed by atoms with van der Waals surface area (Å²) in [6.07, 6.45) is 2.49. The van der Waals surface area contributed by atoms with Crippen molar-refractivity contribution in [3.63, 3.8) is 0 Å². The maximum absolute atomic E-state index is 3.45. The molecule has 2 nitrogen and oxygen atoms in total. The Balaban J connectivity index is 2.21. The first-order chi connectivity index (χ1) is 6.92. The Morgan fingerprint density at radius 2 is 2.36 bits per heavy atom. The Morgan fingerprint density at radius 1 is 1.43 bits per heavy atom. The molecular formula is C12H18N2. The minimum absolute atomic E-state index is 1.00. The van der Waals surface area contributed by atoms with Crippen LogP contribution in [0.4, 0.5) is 5.69 Å². The summed E-state index contributed by atoms with van der Waals surface area (Å²) in [5, 5.41) is 6.84. The molecule has 2 rings (SSSR count). The Kier molecular flexibility index (Phi) is 3.04. The van der Waals surface area contributed by atoms with Crippen LogP contribution in [0.15, 0.2) is 18.2 Å². The highest BCUT2D eigenvalue weighted by molar-refractivity contribution is 5.56. The van der Waals surface area contributed by atoms with E-state index in [2.05, 4.69) is 35.8 Å². The largest absolute Gasteiger partial charge is 0.385 e. The van der Waals surface area contributed by atoms with E-state index in [1.54, 1.807) is 0 Å². The first kappa shape index (κ1) is 9.53. The molecule has 14 heavy (non-hydrogen) atoms. The fourth-order valence-corrected chi connectivity index (χ4v) is 2.01. The summed E-state index contributed by atoms with van der Waals surface area (Å²) < 4.78 is 0. The van der Waals surface area contributed by atoms with Gasteiger partial charge in [-0.3, -0.25) is 0 Å². The van der Waals surface area contributed by atoms with E-state index >= 15 is 0 Å². The van der Waals surface area contributed by atoms with Crippen LogP contribution in [-0.4, -0.2) is 13.1 Å². The lowest BCUT2D eigenvalue weighted by atomic mass is 9.97. The van der Waals surface area contributed by atoms with Crippen molar-refractivity contribution in [2.45, 2.75) is 26.3 Å². The highest BCUT2D eigenvalue weighted by Crippen LogP contribution is 2.24. The second-order valence-electron chi connectivity index (χ2n) is 3.75. The third kappa shape index (κ3) is 1.90. The van der Waals surface area contributed by atoms with Gasteiger partial charge in [-0.2, -0.15) is 0 Å². The summed E-state index contributed by atoms with van der Waals surface area (Å²) in [6.45, 7) is 5.31. The van der Waals surface area contributed by atoms with Gasteiger partial charge in [-0.25, -0.2) is 0 Å². The van der Waals surface area contributed by atoms with Gasteiger partial charge in [0.1, 0.15) is 0 Å². The Hall–Kier alpha value is -1.02. The molecule has 0 radical (unpaired) electrons. The number of nitrogens with one attached hydrogen (secondary N) is 2. The molecule has 1 aromatic rings. The summed E-state index contributed by atoms with van der Waals surface area (Å²) in [6, 6.07) is 6.56. The number of benzene rings is 1. The van der Waals surface area contributed by atoms with Gasteiger partial charge < -0.3 is 10.6 Å². The summed E-state index contributed by atoms with van der Waals surface area (Å²) in [5.41, 5.74) is 4.31. The van der Waals surface area contributed by atoms with Crippen LogP contribution in [0.2, 0.25) is 0 Å². The number of rotatable bonds is 3. The molecule has 0 amide bonds. The lowest BCUT2D eigenvalue weighted by Crippen LogP contribution is -2.17. The molecule has 0 aromatic heterocycles. The molecule has 0 saturated heterocycles. The van der Waals surface area contributed by atoms with E-state index in [1.165, 1.54) is 29.7 Å². The summed E-state index contributed by atoms with van der Waals surface area (Å²) in [7, 11) is 0. The van der Waals surface area contributed by atoms with Crippen molar-refractivity contribution < 1.29 is 0 Å². The van der Waals surface area contributed by atoms with Crippen molar-refractivity contribution in [1.82, 2.24) is 5.32 Å². The van der Waals surface area contributed by atoms with Gasteiger partial charge in [-0.15, -0.1) is 0 Å². The van der Waals surface area contributed by atoms with E-state index < -0.39 is 0 Å². The molecule has 1 aliphatic rings. The summed E-state index contributed by atoms with van der Waals surface area (Å²) in [4.78, 5) is 0. The molecule has 0 fully saturated rings. The molecule has 2 N–H and O–H groups in total. The lowest BCUT2D eigenvalue weighted by molar-refractivity contribution is 0.711. The Bertz CT molecular complexity index is 307. The number of fused-ring (bicyclic) bond motifs is 1. The minimum Gasteiger partial charge on any atom is -0.385 e. The third-order valence-electron chi connectivity index (χ3n) is 2.76. The predicted octanol–water partition coefficient (Wildman–Crippen LogP) is 2.15. The smallest absolute Gasteiger partial charge is 0.0375 e. The molecule has 0 atom stereocenters. The summed E-state index contributed by atoms with van der Waals surface area (Å²) >= 11 is 0. The molecule has 0 spiro atoms. The molecule has 0 bridgehead atoms. The fourth-order valence-electron chi connectivity index (χ4n) is 2.01. The van der Waals surface area contributed by atoms with E-state index in [-0.39, 0.29) is 0 Å². The standard InChI is InChI=1S/C12H18N2/c1-2-13-9-10-5-3-7-12-11(10)6-4-8-14-12/h3,5,7,13-14H,2,4,6,8-9H2,1H3. The van der Waals surface area contributed by atoms with Crippen LogP contribution in [0, 0.1) is 0 Å². The van der Waals surface area contributed by atoms with Crippen molar-refractivity contribution in [1.29, 1.82) is 0 Å². The average molecular weight is 190 g/mol. The zero-order valence-electron chi connectivity index (χ0n) is 8.77. The maximum atomic E-state index is 3.45. The number of hydrogen-bond acceptors (Lipinski definition) is 2. The van der Waals surface area contributed by atoms with Gasteiger partial charge in [0.2, 0.25) is 0 Å². The zero-order chi connectivity index (χ0) is 9.80. The van der Waals surface area contributed by atoms with Crippen LogP contribution >= 0.6 is 0 Å². The monoisotopic (exact) mass is 190 g/mol. The molecule has 0 aliphatic carbocycles. The molecule has 2 heteroatoms. The van der Waals surface area contributed by atoms with Crippen LogP contribution in [0.1, 0.15) is 24.5 Å². The van der Waals surface area contributed by atoms with Gasteiger partial charge in [-0.1, -0.05) is 19.1 Å². The first-order valence-electron chi connectivity index (χ1n) is 5.47. The van der Waals surface area contributed by atoms with Gasteiger partial charge in [0, 0.05) is 18.8 Å². The van der Waals surface area contributed by atoms with E-state index in [4.69, 9.17) is 0 Å². The van der Waals surface area contributed by atoms with Gasteiger partial charge in [-0.05, 0) is 36.6 Å². The van der Waals surface area contributed by atoms with E-state index in [9.17, 15) is 0 Å². The Labute approximate surface area is 85.7 Å². The first-order valence-corrected chi connectivity index (χ1v) is 5.47. The molecular weight excluding hydrogens is 172 g/mol. The normalized spacial score (nSPS) is 14.6.